The quantitative estimate of drug-likeness (QED) is 0.668. The topological polar surface area (TPSA) is 29.8 Å². The van der Waals surface area contributed by atoms with Gasteiger partial charge in [-0.2, -0.15) is 0 Å². The zero-order valence-corrected chi connectivity index (χ0v) is 8.29. The zero-order chi connectivity index (χ0) is 9.54. The largest absolute Gasteiger partial charge is 0.460 e. The van der Waals surface area contributed by atoms with Gasteiger partial charge in [0.05, 0.1) is 18.0 Å². The van der Waals surface area contributed by atoms with Crippen LogP contribution in [0, 0.1) is 0 Å². The fourth-order valence-corrected chi connectivity index (χ4v) is 2.31. The van der Waals surface area contributed by atoms with E-state index in [1.165, 1.54) is 16.7 Å². The Morgan fingerprint density at radius 1 is 1.36 bits per heavy atom. The van der Waals surface area contributed by atoms with Crippen LogP contribution in [0.3, 0.4) is 0 Å². The molecule has 0 saturated heterocycles. The second-order valence-corrected chi connectivity index (χ2v) is 4.07. The highest BCUT2D eigenvalue weighted by Crippen LogP contribution is 2.31. The molecule has 0 bridgehead atoms. The lowest BCUT2D eigenvalue weighted by molar-refractivity contribution is -0.676. The smallest absolute Gasteiger partial charge is 0.134 e. The Hall–Kier alpha value is -1.28. The van der Waals surface area contributed by atoms with Gasteiger partial charge in [0, 0.05) is 5.39 Å². The molecule has 72 valence electrons. The molecule has 3 rings (SSSR count). The summed E-state index contributed by atoms with van der Waals surface area (Å²) in [7, 11) is 0. The minimum absolute atomic E-state index is 0.547. The molecule has 1 aliphatic heterocycles. The van der Waals surface area contributed by atoms with E-state index in [2.05, 4.69) is 30.4 Å². The van der Waals surface area contributed by atoms with Gasteiger partial charge in [0.1, 0.15) is 17.9 Å². The molecule has 0 saturated carbocycles. The number of fused-ring (bicyclic) bond motifs is 3. The molecule has 1 atom stereocenters. The van der Waals surface area contributed by atoms with Crippen molar-refractivity contribution in [1.82, 2.24) is 0 Å². The number of para-hydroxylation sites is 1. The van der Waals surface area contributed by atoms with Gasteiger partial charge < -0.3 is 9.73 Å². The maximum absolute atomic E-state index is 5.88. The van der Waals surface area contributed by atoms with E-state index in [9.17, 15) is 0 Å². The van der Waals surface area contributed by atoms with Crippen molar-refractivity contribution in [2.24, 2.45) is 0 Å². The van der Waals surface area contributed by atoms with E-state index < -0.39 is 0 Å². The van der Waals surface area contributed by atoms with Gasteiger partial charge >= 0.3 is 0 Å². The van der Waals surface area contributed by atoms with Crippen LogP contribution in [-0.4, -0.2) is 6.54 Å². The van der Waals surface area contributed by atoms with Crippen LogP contribution in [0.5, 0.6) is 0 Å². The van der Waals surface area contributed by atoms with Crippen LogP contribution < -0.4 is 5.32 Å². The lowest BCUT2D eigenvalue weighted by atomic mass is 9.99. The first kappa shape index (κ1) is 8.06. The Morgan fingerprint density at radius 2 is 2.21 bits per heavy atom. The van der Waals surface area contributed by atoms with Gasteiger partial charge in [0.25, 0.3) is 0 Å². The molecule has 0 unspecified atom stereocenters. The monoisotopic (exact) mass is 188 g/mol. The summed E-state index contributed by atoms with van der Waals surface area (Å²) in [5.74, 6) is 1.75. The SMILES string of the molecule is C[C@H]1C[NH2+]Cc2c1oc1ccccc21. The molecule has 1 aliphatic rings. The first-order valence-corrected chi connectivity index (χ1v) is 5.18. The maximum atomic E-state index is 5.88. The first-order chi connectivity index (χ1) is 6.86. The molecule has 2 heterocycles. The summed E-state index contributed by atoms with van der Waals surface area (Å²) in [4.78, 5) is 0. The average molecular weight is 188 g/mol. The second-order valence-electron chi connectivity index (χ2n) is 4.07. The van der Waals surface area contributed by atoms with Gasteiger partial charge in [-0.1, -0.05) is 18.2 Å². The van der Waals surface area contributed by atoms with E-state index in [1.54, 1.807) is 0 Å². The van der Waals surface area contributed by atoms with Gasteiger partial charge in [0.2, 0.25) is 0 Å². The Morgan fingerprint density at radius 3 is 3.14 bits per heavy atom. The minimum Gasteiger partial charge on any atom is -0.460 e. The predicted octanol–water partition coefficient (Wildman–Crippen LogP) is 1.61. The molecule has 0 amide bonds. The Bertz CT molecular complexity index is 472. The van der Waals surface area contributed by atoms with Crippen LogP contribution in [-0.2, 0) is 6.54 Å². The van der Waals surface area contributed by atoms with Crippen molar-refractivity contribution in [2.75, 3.05) is 6.54 Å². The molecule has 2 N–H and O–H groups in total. The van der Waals surface area contributed by atoms with Crippen LogP contribution in [0.15, 0.2) is 28.7 Å². The molecule has 0 fully saturated rings. The number of hydrogen-bond acceptors (Lipinski definition) is 1. The molecule has 2 aromatic rings. The molecule has 14 heavy (non-hydrogen) atoms. The highest BCUT2D eigenvalue weighted by atomic mass is 16.3. The number of furan rings is 1. The summed E-state index contributed by atoms with van der Waals surface area (Å²) in [6.07, 6.45) is 0. The highest BCUT2D eigenvalue weighted by molar-refractivity contribution is 5.82. The van der Waals surface area contributed by atoms with Gasteiger partial charge in [-0.25, -0.2) is 0 Å². The summed E-state index contributed by atoms with van der Waals surface area (Å²) >= 11 is 0. The molecule has 2 nitrogen and oxygen atoms in total. The summed E-state index contributed by atoms with van der Waals surface area (Å²) in [5.41, 5.74) is 2.44. The zero-order valence-electron chi connectivity index (χ0n) is 8.29. The Balaban J connectivity index is 2.32. The minimum atomic E-state index is 0.547. The van der Waals surface area contributed by atoms with E-state index in [0.717, 1.165) is 18.7 Å². The molecule has 0 radical (unpaired) electrons. The molecular formula is C12H14NO+. The van der Waals surface area contributed by atoms with Gasteiger partial charge in [-0.3, -0.25) is 0 Å². The summed E-state index contributed by atoms with van der Waals surface area (Å²) in [6, 6.07) is 8.33. The first-order valence-electron chi connectivity index (χ1n) is 5.18. The van der Waals surface area contributed by atoms with Crippen molar-refractivity contribution in [3.8, 4) is 0 Å². The van der Waals surface area contributed by atoms with Crippen LogP contribution in [0.2, 0.25) is 0 Å². The van der Waals surface area contributed by atoms with Crippen LogP contribution in [0.4, 0.5) is 0 Å². The van der Waals surface area contributed by atoms with Crippen molar-refractivity contribution in [3.05, 3.63) is 35.6 Å². The summed E-state index contributed by atoms with van der Waals surface area (Å²) in [6.45, 7) is 4.44. The van der Waals surface area contributed by atoms with E-state index in [0.29, 0.717) is 5.92 Å². The van der Waals surface area contributed by atoms with Gasteiger partial charge in [0.15, 0.2) is 0 Å². The standard InChI is InChI=1S/C12H13NO/c1-8-6-13-7-10-9-4-2-3-5-11(9)14-12(8)10/h2-5,8,13H,6-7H2,1H3/p+1/t8-/m0/s1. The number of rotatable bonds is 0. The van der Waals surface area contributed by atoms with E-state index in [1.807, 2.05) is 6.07 Å². The molecule has 0 spiro atoms. The maximum Gasteiger partial charge on any atom is 0.134 e. The van der Waals surface area contributed by atoms with Crippen molar-refractivity contribution in [3.63, 3.8) is 0 Å². The average Bonchev–Trinajstić information content (AvgIpc) is 2.59. The Kier molecular flexibility index (Phi) is 1.64. The fourth-order valence-electron chi connectivity index (χ4n) is 2.31. The molecule has 0 aliphatic carbocycles. The van der Waals surface area contributed by atoms with E-state index in [-0.39, 0.29) is 0 Å². The molecular weight excluding hydrogens is 174 g/mol. The van der Waals surface area contributed by atoms with Crippen molar-refractivity contribution >= 4 is 11.0 Å². The number of benzene rings is 1. The van der Waals surface area contributed by atoms with Crippen molar-refractivity contribution < 1.29 is 9.73 Å². The summed E-state index contributed by atoms with van der Waals surface area (Å²) < 4.78 is 5.88. The molecule has 1 aromatic carbocycles. The van der Waals surface area contributed by atoms with Crippen molar-refractivity contribution in [1.29, 1.82) is 0 Å². The fraction of sp³-hybridized carbons (Fsp3) is 0.333. The number of hydrogen-bond donors (Lipinski definition) is 1. The normalized spacial score (nSPS) is 21.1. The Labute approximate surface area is 82.9 Å². The number of quaternary nitrogens is 1. The third-order valence-electron chi connectivity index (χ3n) is 3.05. The number of nitrogens with two attached hydrogens (primary N) is 1. The highest BCUT2D eigenvalue weighted by Gasteiger charge is 2.25. The van der Waals surface area contributed by atoms with Gasteiger partial charge in [-0.05, 0) is 13.0 Å². The van der Waals surface area contributed by atoms with Crippen LogP contribution in [0.25, 0.3) is 11.0 Å². The van der Waals surface area contributed by atoms with Crippen LogP contribution in [0.1, 0.15) is 24.2 Å². The van der Waals surface area contributed by atoms with Crippen molar-refractivity contribution in [2.45, 2.75) is 19.4 Å². The molecule has 1 aromatic heterocycles. The van der Waals surface area contributed by atoms with Crippen LogP contribution >= 0.6 is 0 Å². The summed E-state index contributed by atoms with van der Waals surface area (Å²) in [5, 5.41) is 3.65. The van der Waals surface area contributed by atoms with E-state index in [4.69, 9.17) is 4.42 Å². The third kappa shape index (κ3) is 1.01. The lowest BCUT2D eigenvalue weighted by Gasteiger charge is -2.14. The second kappa shape index (κ2) is 2.85. The predicted molar refractivity (Wildman–Crippen MR) is 55.1 cm³/mol. The molecule has 2 heteroatoms. The lowest BCUT2D eigenvalue weighted by Crippen LogP contribution is -2.84. The third-order valence-corrected chi connectivity index (χ3v) is 3.05. The van der Waals surface area contributed by atoms with E-state index >= 15 is 0 Å². The van der Waals surface area contributed by atoms with Gasteiger partial charge in [-0.15, -0.1) is 0 Å².